The van der Waals surface area contributed by atoms with Crippen molar-refractivity contribution < 1.29 is 4.74 Å². The molecule has 1 N–H and O–H groups in total. The van der Waals surface area contributed by atoms with Gasteiger partial charge in [0, 0.05) is 6.42 Å². The first-order valence-electron chi connectivity index (χ1n) is 7.29. The summed E-state index contributed by atoms with van der Waals surface area (Å²) in [5.41, 5.74) is 3.16. The topological polar surface area (TPSA) is 86.4 Å². The molecule has 1 heterocycles. The average Bonchev–Trinajstić information content (AvgIpc) is 2.79. The van der Waals surface area contributed by atoms with Gasteiger partial charge in [-0.1, -0.05) is 24.3 Å². The fraction of sp³-hybridized carbons (Fsp3) is 0.176. The molecule has 114 valence electrons. The first kappa shape index (κ1) is 14.7. The van der Waals surface area contributed by atoms with Crippen molar-refractivity contribution in [3.63, 3.8) is 0 Å². The van der Waals surface area contributed by atoms with Crippen molar-refractivity contribution in [2.45, 2.75) is 13.3 Å². The number of H-pyrrole nitrogens is 1. The molecule has 6 heteroatoms. The smallest absolute Gasteiger partial charge is 0.210 e. The number of hydrogen-bond acceptors (Lipinski definition) is 5. The molecule has 0 aliphatic heterocycles. The van der Waals surface area contributed by atoms with Crippen LogP contribution in [0.3, 0.4) is 0 Å². The molecule has 0 saturated heterocycles. The maximum Gasteiger partial charge on any atom is 0.210 e. The number of rotatable bonds is 4. The van der Waals surface area contributed by atoms with Crippen molar-refractivity contribution in [2.24, 2.45) is 10.2 Å². The van der Waals surface area contributed by atoms with E-state index in [2.05, 4.69) is 20.2 Å². The van der Waals surface area contributed by atoms with Gasteiger partial charge in [-0.15, -0.1) is 10.2 Å². The summed E-state index contributed by atoms with van der Waals surface area (Å²) in [5.74, 6) is 1.12. The molecule has 6 nitrogen and oxygen atoms in total. The number of fused-ring (bicyclic) bond motifs is 2. The van der Waals surface area contributed by atoms with E-state index in [1.54, 1.807) is 0 Å². The maximum absolute atomic E-state index is 8.97. The number of nitrogens with one attached hydrogen (secondary N) is 1. The van der Waals surface area contributed by atoms with E-state index in [0.717, 1.165) is 29.0 Å². The molecule has 0 unspecified atom stereocenters. The van der Waals surface area contributed by atoms with Gasteiger partial charge in [0.2, 0.25) is 5.82 Å². The number of aromatic amines is 1. The second-order valence-electron chi connectivity index (χ2n) is 4.87. The van der Waals surface area contributed by atoms with Gasteiger partial charge < -0.3 is 9.72 Å². The zero-order chi connectivity index (χ0) is 16.1. The van der Waals surface area contributed by atoms with Gasteiger partial charge in [-0.2, -0.15) is 5.26 Å². The van der Waals surface area contributed by atoms with Gasteiger partial charge in [-0.25, -0.2) is 4.98 Å². The van der Waals surface area contributed by atoms with Gasteiger partial charge in [-0.05, 0) is 30.2 Å². The molecule has 0 aromatic carbocycles. The largest absolute Gasteiger partial charge is 0.494 e. The number of hydrogen-bond donors (Lipinski definition) is 1. The number of allylic oxidation sites excluding steroid dienone is 8. The van der Waals surface area contributed by atoms with Crippen LogP contribution in [-0.4, -0.2) is 16.6 Å². The molecule has 2 aliphatic carbocycles. The van der Waals surface area contributed by atoms with E-state index in [0.29, 0.717) is 12.3 Å². The van der Waals surface area contributed by atoms with E-state index in [1.165, 1.54) is 6.33 Å². The van der Waals surface area contributed by atoms with E-state index in [1.807, 2.05) is 49.4 Å². The number of ether oxygens (including phenoxy) is 1. The van der Waals surface area contributed by atoms with Gasteiger partial charge in [0.25, 0.3) is 0 Å². The molecule has 23 heavy (non-hydrogen) atoms. The zero-order valence-electron chi connectivity index (χ0n) is 12.7. The molecule has 0 fully saturated rings. The third-order valence-electron chi connectivity index (χ3n) is 3.41. The lowest BCUT2D eigenvalue weighted by atomic mass is 10.0. The Balaban J connectivity index is 1.95. The fourth-order valence-corrected chi connectivity index (χ4v) is 2.32. The van der Waals surface area contributed by atoms with Gasteiger partial charge in [0.15, 0.2) is 5.69 Å². The van der Waals surface area contributed by atoms with Crippen LogP contribution in [0.4, 0.5) is 5.82 Å². The highest BCUT2D eigenvalue weighted by atomic mass is 16.5. The number of aromatic nitrogens is 2. The normalized spacial score (nSPS) is 16.7. The third-order valence-corrected chi connectivity index (χ3v) is 3.41. The van der Waals surface area contributed by atoms with Crippen molar-refractivity contribution in [1.82, 2.24) is 9.97 Å². The summed E-state index contributed by atoms with van der Waals surface area (Å²) in [7, 11) is 0. The Labute approximate surface area is 133 Å². The van der Waals surface area contributed by atoms with Crippen LogP contribution in [0.25, 0.3) is 0 Å². The summed E-state index contributed by atoms with van der Waals surface area (Å²) < 4.78 is 5.69. The Hall–Kier alpha value is -3.20. The minimum atomic E-state index is 0.284. The lowest BCUT2D eigenvalue weighted by Gasteiger charge is -2.10. The van der Waals surface area contributed by atoms with Crippen LogP contribution < -0.4 is 0 Å². The Morgan fingerprint density at radius 1 is 1.22 bits per heavy atom. The molecular weight excluding hydrogens is 290 g/mol. The van der Waals surface area contributed by atoms with Crippen LogP contribution >= 0.6 is 0 Å². The van der Waals surface area contributed by atoms with E-state index in [4.69, 9.17) is 10.00 Å². The summed E-state index contributed by atoms with van der Waals surface area (Å²) in [5, 5.41) is 17.3. The lowest BCUT2D eigenvalue weighted by molar-refractivity contribution is 0.237. The Kier molecular flexibility index (Phi) is 4.29. The molecule has 0 amide bonds. The standard InChI is InChI=1S/C17H15N5O/c1-2-23-16-8-7-14(12-5-3-4-6-13(16)9-12)21-22-17-15(10-18)19-11-20-17/h3-8,11H,2,9H2,1H3,(H,19,20). The molecule has 1 aromatic rings. The van der Waals surface area contributed by atoms with E-state index in [9.17, 15) is 0 Å². The number of imidazole rings is 1. The SMILES string of the molecule is CCOC1=CC=C(N=Nc2nc[nH]c2C#N)C2=CC=CC=C1C2. The third kappa shape index (κ3) is 3.19. The minimum absolute atomic E-state index is 0.284. The van der Waals surface area contributed by atoms with Crippen LogP contribution in [0.2, 0.25) is 0 Å². The molecule has 1 aromatic heterocycles. The van der Waals surface area contributed by atoms with Crippen molar-refractivity contribution in [3.8, 4) is 6.07 Å². The molecule has 2 bridgehead atoms. The summed E-state index contributed by atoms with van der Waals surface area (Å²) in [6, 6.07) is 1.99. The minimum Gasteiger partial charge on any atom is -0.494 e. The van der Waals surface area contributed by atoms with Crippen molar-refractivity contribution >= 4 is 5.82 Å². The van der Waals surface area contributed by atoms with Crippen molar-refractivity contribution in [2.75, 3.05) is 6.61 Å². The van der Waals surface area contributed by atoms with Crippen LogP contribution in [0, 0.1) is 11.3 Å². The summed E-state index contributed by atoms with van der Waals surface area (Å²) >= 11 is 0. The fourth-order valence-electron chi connectivity index (χ4n) is 2.32. The van der Waals surface area contributed by atoms with Gasteiger partial charge in [0.05, 0.1) is 18.6 Å². The molecule has 0 atom stereocenters. The van der Waals surface area contributed by atoms with Crippen LogP contribution in [0.1, 0.15) is 19.0 Å². The van der Waals surface area contributed by atoms with Crippen molar-refractivity contribution in [1.29, 1.82) is 5.26 Å². The first-order chi connectivity index (χ1) is 11.3. The molecule has 2 aliphatic rings. The highest BCUT2D eigenvalue weighted by Crippen LogP contribution is 2.31. The zero-order valence-corrected chi connectivity index (χ0v) is 12.7. The van der Waals surface area contributed by atoms with E-state index >= 15 is 0 Å². The van der Waals surface area contributed by atoms with Crippen molar-refractivity contribution in [3.05, 3.63) is 71.1 Å². The Morgan fingerprint density at radius 3 is 2.83 bits per heavy atom. The highest BCUT2D eigenvalue weighted by Gasteiger charge is 2.16. The summed E-state index contributed by atoms with van der Waals surface area (Å²) in [6.45, 7) is 2.57. The predicted octanol–water partition coefficient (Wildman–Crippen LogP) is 4.00. The van der Waals surface area contributed by atoms with Gasteiger partial charge >= 0.3 is 0 Å². The van der Waals surface area contributed by atoms with Crippen LogP contribution in [0.15, 0.2) is 75.6 Å². The number of nitriles is 1. The molecule has 3 rings (SSSR count). The van der Waals surface area contributed by atoms with E-state index in [-0.39, 0.29) is 5.82 Å². The predicted molar refractivity (Wildman–Crippen MR) is 85.5 cm³/mol. The van der Waals surface area contributed by atoms with Crippen LogP contribution in [0.5, 0.6) is 0 Å². The summed E-state index contributed by atoms with van der Waals surface area (Å²) in [6.07, 6.45) is 13.9. The molecular formula is C17H15N5O. The second kappa shape index (κ2) is 6.71. The summed E-state index contributed by atoms with van der Waals surface area (Å²) in [4.78, 5) is 6.71. The number of azo groups is 1. The average molecular weight is 305 g/mol. The Bertz CT molecular complexity index is 827. The number of nitrogens with zero attached hydrogens (tertiary/aromatic N) is 4. The first-order valence-corrected chi connectivity index (χ1v) is 7.29. The van der Waals surface area contributed by atoms with E-state index < -0.39 is 0 Å². The maximum atomic E-state index is 8.97. The van der Waals surface area contributed by atoms with Gasteiger partial charge in [-0.3, -0.25) is 0 Å². The molecule has 0 saturated carbocycles. The molecule has 0 radical (unpaired) electrons. The van der Waals surface area contributed by atoms with Gasteiger partial charge in [0.1, 0.15) is 11.8 Å². The molecule has 0 spiro atoms. The lowest BCUT2D eigenvalue weighted by Crippen LogP contribution is -1.96. The highest BCUT2D eigenvalue weighted by molar-refractivity contribution is 5.50. The second-order valence-corrected chi connectivity index (χ2v) is 4.87. The monoisotopic (exact) mass is 305 g/mol. The quantitative estimate of drug-likeness (QED) is 0.853. The van der Waals surface area contributed by atoms with Crippen LogP contribution in [-0.2, 0) is 4.74 Å². The Morgan fingerprint density at radius 2 is 2.04 bits per heavy atom.